The smallest absolute Gasteiger partial charge is 0.308 e. The molecule has 4 aliphatic carbocycles. The number of carbonyl (C=O) groups is 4. The van der Waals surface area contributed by atoms with Crippen molar-refractivity contribution in [3.05, 3.63) is 0 Å². The number of rotatable bonds is 78. The minimum atomic E-state index is 0.0722. The monoisotopic (exact) mass is 1550 g/mol. The van der Waals surface area contributed by atoms with Crippen LogP contribution in [0.3, 0.4) is 0 Å². The van der Waals surface area contributed by atoms with Crippen LogP contribution in [0.2, 0.25) is 0 Å². The van der Waals surface area contributed by atoms with Gasteiger partial charge in [-0.3, -0.25) is 19.2 Å². The SMILES string of the molecule is CCCCCCCCC(CC1CCCCC1)C(=O)OCCCCCCN(CCCCO)CCCCCCOC(=O)C(CCCCCCCC)CC1CCCCC1.CCCCCCCCC(CCC1CCC1)C(=O)OCCCCCCN(CCCCO)CCCCCCOC(=O)C(CCCCCCCC)CCC1CCC1. The molecular formula is C98H186N2O10. The van der Waals surface area contributed by atoms with Crippen LogP contribution in [0.5, 0.6) is 0 Å². The van der Waals surface area contributed by atoms with Crippen molar-refractivity contribution in [2.45, 2.75) is 477 Å². The van der Waals surface area contributed by atoms with Crippen molar-refractivity contribution in [1.82, 2.24) is 9.80 Å². The van der Waals surface area contributed by atoms with Crippen LogP contribution < -0.4 is 0 Å². The molecule has 0 amide bonds. The molecule has 0 saturated heterocycles. The van der Waals surface area contributed by atoms with Crippen LogP contribution in [0, 0.1) is 47.3 Å². The van der Waals surface area contributed by atoms with Gasteiger partial charge in [0.1, 0.15) is 0 Å². The van der Waals surface area contributed by atoms with Crippen LogP contribution in [-0.4, -0.2) is 123 Å². The summed E-state index contributed by atoms with van der Waals surface area (Å²) in [6.45, 7) is 18.4. The van der Waals surface area contributed by atoms with E-state index >= 15 is 0 Å². The van der Waals surface area contributed by atoms with E-state index in [2.05, 4.69) is 37.5 Å². The Balaban J connectivity index is 0.000000571. The summed E-state index contributed by atoms with van der Waals surface area (Å²) in [5.41, 5.74) is 0. The molecule has 110 heavy (non-hydrogen) atoms. The number of ether oxygens (including phenoxy) is 4. The molecule has 12 nitrogen and oxygen atoms in total. The maximum Gasteiger partial charge on any atom is 0.308 e. The molecular weight excluding hydrogens is 1370 g/mol. The minimum absolute atomic E-state index is 0.0722. The Morgan fingerprint density at radius 3 is 0.745 bits per heavy atom. The normalized spacial score (nSPS) is 16.3. The Morgan fingerprint density at radius 2 is 0.482 bits per heavy atom. The average molecular weight is 1550 g/mol. The first-order valence-corrected chi connectivity index (χ1v) is 49.5. The molecule has 4 rings (SSSR count). The molecule has 0 spiro atoms. The third-order valence-electron chi connectivity index (χ3n) is 26.2. The van der Waals surface area contributed by atoms with Gasteiger partial charge in [-0.05, 0) is 204 Å². The molecule has 648 valence electrons. The lowest BCUT2D eigenvalue weighted by atomic mass is 9.80. The first-order valence-electron chi connectivity index (χ1n) is 49.5. The van der Waals surface area contributed by atoms with E-state index in [0.717, 1.165) is 191 Å². The second kappa shape index (κ2) is 75.5. The fourth-order valence-electron chi connectivity index (χ4n) is 18.1. The van der Waals surface area contributed by atoms with E-state index in [1.54, 1.807) is 0 Å². The highest BCUT2D eigenvalue weighted by Gasteiger charge is 2.29. The third-order valence-corrected chi connectivity index (χ3v) is 26.2. The van der Waals surface area contributed by atoms with Gasteiger partial charge in [0.15, 0.2) is 0 Å². The molecule has 4 unspecified atom stereocenters. The number of aliphatic hydroxyl groups excluding tert-OH is 2. The van der Waals surface area contributed by atoms with Crippen LogP contribution in [0.25, 0.3) is 0 Å². The predicted octanol–water partition coefficient (Wildman–Crippen LogP) is 27.1. The summed E-state index contributed by atoms with van der Waals surface area (Å²) in [6, 6.07) is 0. The number of aliphatic hydroxyl groups is 2. The standard InChI is InChI=1S/C50H95NO5.C48H91NO5/c1-3-5-7-9-11-23-35-47(43-45-31-19-17-20-32-45)49(53)55-41-29-15-13-25-37-51(39-27-28-40-52)38-26-14-16-30-42-56-50(54)48(36-24-12-10-8-6-4-2)44-46-33-21-18-22-34-46;1-3-5-7-9-11-17-31-45(35-33-43-27-25-28-43)47(51)53-41-23-15-13-19-37-49(39-21-22-40-50)38-20-14-16-24-42-54-48(52)46(36-34-44-29-26-30-44)32-18-12-10-8-6-4-2/h45-48,52H,3-44H2,1-2H3;43-46,50H,3-42H2,1-2H3. The lowest BCUT2D eigenvalue weighted by Crippen LogP contribution is -2.27. The van der Waals surface area contributed by atoms with E-state index in [1.165, 1.54) is 321 Å². The molecule has 4 aliphatic rings. The Hall–Kier alpha value is -2.28. The molecule has 0 aromatic heterocycles. The molecule has 0 bridgehead atoms. The first-order chi connectivity index (χ1) is 54.1. The van der Waals surface area contributed by atoms with Crippen LogP contribution >= 0.6 is 0 Å². The predicted molar refractivity (Wildman–Crippen MR) is 465 cm³/mol. The maximum absolute atomic E-state index is 13.2. The van der Waals surface area contributed by atoms with Gasteiger partial charge in [-0.2, -0.15) is 0 Å². The van der Waals surface area contributed by atoms with E-state index < -0.39 is 0 Å². The highest BCUT2D eigenvalue weighted by atomic mass is 16.5. The number of nitrogens with zero attached hydrogens (tertiary/aromatic N) is 2. The molecule has 0 heterocycles. The van der Waals surface area contributed by atoms with Gasteiger partial charge in [-0.1, -0.05) is 336 Å². The van der Waals surface area contributed by atoms with Crippen LogP contribution in [0.1, 0.15) is 477 Å². The summed E-state index contributed by atoms with van der Waals surface area (Å²) in [5, 5.41) is 18.7. The molecule has 4 atom stereocenters. The molecule has 0 radical (unpaired) electrons. The van der Waals surface area contributed by atoms with E-state index in [1.807, 2.05) is 0 Å². The van der Waals surface area contributed by atoms with Crippen molar-refractivity contribution in [3.63, 3.8) is 0 Å². The van der Waals surface area contributed by atoms with Gasteiger partial charge >= 0.3 is 23.9 Å². The van der Waals surface area contributed by atoms with Crippen molar-refractivity contribution >= 4 is 23.9 Å². The summed E-state index contributed by atoms with van der Waals surface area (Å²) in [5.74, 6) is 3.89. The van der Waals surface area contributed by atoms with Crippen molar-refractivity contribution < 1.29 is 48.3 Å². The molecule has 12 heteroatoms. The van der Waals surface area contributed by atoms with Crippen molar-refractivity contribution in [2.75, 3.05) is 78.9 Å². The van der Waals surface area contributed by atoms with Gasteiger partial charge in [-0.25, -0.2) is 0 Å². The van der Waals surface area contributed by atoms with Crippen molar-refractivity contribution in [1.29, 1.82) is 0 Å². The zero-order valence-electron chi connectivity index (χ0n) is 73.7. The summed E-state index contributed by atoms with van der Waals surface area (Å²) < 4.78 is 23.5. The number of unbranched alkanes of at least 4 members (excludes halogenated alkanes) is 34. The van der Waals surface area contributed by atoms with Crippen LogP contribution in [-0.2, 0) is 38.1 Å². The number of hydrogen-bond donors (Lipinski definition) is 2. The number of carbonyl (C=O) groups excluding carboxylic acids is 4. The second-order valence-corrected chi connectivity index (χ2v) is 36.1. The Kier molecular flexibility index (Phi) is 69.9. The van der Waals surface area contributed by atoms with E-state index in [0.29, 0.717) is 26.4 Å². The zero-order chi connectivity index (χ0) is 78.9. The highest BCUT2D eigenvalue weighted by molar-refractivity contribution is 5.73. The van der Waals surface area contributed by atoms with Gasteiger partial charge < -0.3 is 39.0 Å². The fraction of sp³-hybridized carbons (Fsp3) is 0.959. The Morgan fingerprint density at radius 1 is 0.255 bits per heavy atom. The average Bonchev–Trinajstić information content (AvgIpc) is 0.918. The first kappa shape index (κ1) is 102. The fourth-order valence-corrected chi connectivity index (χ4v) is 18.1. The molecule has 0 aromatic carbocycles. The Labute approximate surface area is 681 Å². The maximum atomic E-state index is 13.2. The van der Waals surface area contributed by atoms with Crippen molar-refractivity contribution in [3.8, 4) is 0 Å². The molecule has 4 fully saturated rings. The van der Waals surface area contributed by atoms with Crippen LogP contribution in [0.15, 0.2) is 0 Å². The van der Waals surface area contributed by atoms with E-state index in [-0.39, 0.29) is 60.8 Å². The molecule has 2 N–H and O–H groups in total. The summed E-state index contributed by atoms with van der Waals surface area (Å²) >= 11 is 0. The van der Waals surface area contributed by atoms with Crippen molar-refractivity contribution in [2.24, 2.45) is 47.3 Å². The summed E-state index contributed by atoms with van der Waals surface area (Å²) in [4.78, 5) is 57.6. The lowest BCUT2D eigenvalue weighted by molar-refractivity contribution is -0.150. The minimum Gasteiger partial charge on any atom is -0.465 e. The molecule has 4 saturated carbocycles. The zero-order valence-corrected chi connectivity index (χ0v) is 73.7. The van der Waals surface area contributed by atoms with Gasteiger partial charge in [0, 0.05) is 13.2 Å². The quantitative estimate of drug-likeness (QED) is 0.0339. The van der Waals surface area contributed by atoms with Crippen LogP contribution in [0.4, 0.5) is 0 Å². The second-order valence-electron chi connectivity index (χ2n) is 36.1. The highest BCUT2D eigenvalue weighted by Crippen LogP contribution is 2.37. The van der Waals surface area contributed by atoms with Gasteiger partial charge in [0.2, 0.25) is 0 Å². The van der Waals surface area contributed by atoms with E-state index in [9.17, 15) is 29.4 Å². The number of esters is 4. The van der Waals surface area contributed by atoms with Gasteiger partial charge in [0.05, 0.1) is 50.1 Å². The summed E-state index contributed by atoms with van der Waals surface area (Å²) in [6.07, 6.45) is 84.2. The van der Waals surface area contributed by atoms with Gasteiger partial charge in [0.25, 0.3) is 0 Å². The van der Waals surface area contributed by atoms with Gasteiger partial charge in [-0.15, -0.1) is 0 Å². The Bertz CT molecular complexity index is 1890. The molecule has 0 aliphatic heterocycles. The third kappa shape index (κ3) is 57.7. The lowest BCUT2D eigenvalue weighted by Gasteiger charge is -2.27. The number of hydrogen-bond acceptors (Lipinski definition) is 12. The largest absolute Gasteiger partial charge is 0.465 e. The summed E-state index contributed by atoms with van der Waals surface area (Å²) in [7, 11) is 0. The topological polar surface area (TPSA) is 152 Å². The molecule has 0 aromatic rings. The van der Waals surface area contributed by atoms with E-state index in [4.69, 9.17) is 18.9 Å².